The molecule has 82 valence electrons. The second-order valence-corrected chi connectivity index (χ2v) is 2.71. The number of nitrogens with zero attached hydrogens (tertiary/aromatic N) is 1. The van der Waals surface area contributed by atoms with Crippen LogP contribution < -0.4 is 10.5 Å². The zero-order chi connectivity index (χ0) is 8.97. The Morgan fingerprint density at radius 1 is 1.43 bits per heavy atom. The lowest BCUT2D eigenvalue weighted by Crippen LogP contribution is -2.03. The number of aryl methyl sites for hydroxylation is 1. The van der Waals surface area contributed by atoms with Crippen molar-refractivity contribution in [2.75, 3.05) is 13.7 Å². The number of halogens is 2. The molecule has 0 aliphatic carbocycles. The summed E-state index contributed by atoms with van der Waals surface area (Å²) in [6.07, 6.45) is 2.68. The fourth-order valence-corrected chi connectivity index (χ4v) is 1.14. The van der Waals surface area contributed by atoms with Crippen molar-refractivity contribution in [3.63, 3.8) is 0 Å². The lowest BCUT2D eigenvalue weighted by Gasteiger charge is -2.04. The van der Waals surface area contributed by atoms with Gasteiger partial charge in [0.05, 0.1) is 7.11 Å². The standard InChI is InChI=1S/C9H14N2O.2ClH/c1-7-5-8(3-4-10)6-11-9(7)12-2;;/h5-6H,3-4,10H2,1-2H3;2*1H. The normalized spacial score (nSPS) is 8.50. The highest BCUT2D eigenvalue weighted by molar-refractivity contribution is 5.85. The van der Waals surface area contributed by atoms with E-state index in [2.05, 4.69) is 11.1 Å². The average molecular weight is 239 g/mol. The SMILES string of the molecule is COc1ncc(CCN)cc1C.Cl.Cl. The van der Waals surface area contributed by atoms with Crippen molar-refractivity contribution in [1.29, 1.82) is 0 Å². The van der Waals surface area contributed by atoms with Gasteiger partial charge in [-0.15, -0.1) is 24.8 Å². The van der Waals surface area contributed by atoms with E-state index in [1.54, 1.807) is 13.3 Å². The third-order valence-corrected chi connectivity index (χ3v) is 1.71. The molecule has 0 aromatic carbocycles. The average Bonchev–Trinajstić information content (AvgIpc) is 2.05. The maximum absolute atomic E-state index is 5.42. The topological polar surface area (TPSA) is 48.1 Å². The molecule has 1 aromatic heterocycles. The van der Waals surface area contributed by atoms with Gasteiger partial charge in [0, 0.05) is 11.8 Å². The Kier molecular flexibility index (Phi) is 8.94. The predicted octanol–water partition coefficient (Wildman–Crippen LogP) is 1.74. The maximum atomic E-state index is 5.42. The predicted molar refractivity (Wildman–Crippen MR) is 62.8 cm³/mol. The van der Waals surface area contributed by atoms with Crippen molar-refractivity contribution in [3.8, 4) is 5.88 Å². The van der Waals surface area contributed by atoms with Crippen molar-refractivity contribution in [2.45, 2.75) is 13.3 Å². The van der Waals surface area contributed by atoms with Crippen LogP contribution in [-0.2, 0) is 6.42 Å². The molecule has 0 aliphatic rings. The lowest BCUT2D eigenvalue weighted by atomic mass is 10.1. The van der Waals surface area contributed by atoms with Crippen molar-refractivity contribution in [3.05, 3.63) is 23.4 Å². The van der Waals surface area contributed by atoms with E-state index in [4.69, 9.17) is 10.5 Å². The highest BCUT2D eigenvalue weighted by Crippen LogP contribution is 2.14. The van der Waals surface area contributed by atoms with E-state index in [9.17, 15) is 0 Å². The Hall–Kier alpha value is -0.510. The molecule has 0 saturated heterocycles. The lowest BCUT2D eigenvalue weighted by molar-refractivity contribution is 0.394. The van der Waals surface area contributed by atoms with E-state index < -0.39 is 0 Å². The van der Waals surface area contributed by atoms with Gasteiger partial charge in [0.15, 0.2) is 0 Å². The minimum atomic E-state index is 0. The second kappa shape index (κ2) is 7.85. The molecule has 3 nitrogen and oxygen atoms in total. The summed E-state index contributed by atoms with van der Waals surface area (Å²) in [6.45, 7) is 2.64. The summed E-state index contributed by atoms with van der Waals surface area (Å²) in [4.78, 5) is 4.14. The number of ether oxygens (including phenoxy) is 1. The molecule has 0 amide bonds. The van der Waals surface area contributed by atoms with Gasteiger partial charge >= 0.3 is 0 Å². The van der Waals surface area contributed by atoms with E-state index in [0.29, 0.717) is 12.4 Å². The largest absolute Gasteiger partial charge is 0.481 e. The van der Waals surface area contributed by atoms with Crippen molar-refractivity contribution >= 4 is 24.8 Å². The van der Waals surface area contributed by atoms with Crippen molar-refractivity contribution in [1.82, 2.24) is 4.98 Å². The van der Waals surface area contributed by atoms with Crippen LogP contribution in [0.2, 0.25) is 0 Å². The first kappa shape index (κ1) is 15.9. The molecule has 5 heteroatoms. The first-order valence-corrected chi connectivity index (χ1v) is 3.97. The molecular weight excluding hydrogens is 223 g/mol. The Morgan fingerprint density at radius 3 is 2.50 bits per heavy atom. The first-order chi connectivity index (χ1) is 5.77. The zero-order valence-electron chi connectivity index (χ0n) is 8.32. The van der Waals surface area contributed by atoms with Crippen LogP contribution in [0, 0.1) is 6.92 Å². The molecule has 0 fully saturated rings. The van der Waals surface area contributed by atoms with E-state index in [0.717, 1.165) is 17.5 Å². The fraction of sp³-hybridized carbons (Fsp3) is 0.444. The summed E-state index contributed by atoms with van der Waals surface area (Å²) in [7, 11) is 1.62. The van der Waals surface area contributed by atoms with Crippen molar-refractivity contribution < 1.29 is 4.74 Å². The molecule has 0 spiro atoms. The highest BCUT2D eigenvalue weighted by Gasteiger charge is 1.99. The van der Waals surface area contributed by atoms with Crippen LogP contribution >= 0.6 is 24.8 Å². The van der Waals surface area contributed by atoms with Gasteiger partial charge < -0.3 is 10.5 Å². The molecule has 0 aliphatic heterocycles. The van der Waals surface area contributed by atoms with Gasteiger partial charge in [-0.25, -0.2) is 4.98 Å². The van der Waals surface area contributed by atoms with E-state index in [-0.39, 0.29) is 24.8 Å². The number of hydrogen-bond acceptors (Lipinski definition) is 3. The van der Waals surface area contributed by atoms with Gasteiger partial charge in [-0.05, 0) is 31.5 Å². The third kappa shape index (κ3) is 4.13. The van der Waals surface area contributed by atoms with E-state index in [1.165, 1.54) is 0 Å². The molecule has 0 saturated carbocycles. The van der Waals surface area contributed by atoms with Crippen LogP contribution in [0.3, 0.4) is 0 Å². The molecule has 0 bridgehead atoms. The Morgan fingerprint density at radius 2 is 2.07 bits per heavy atom. The number of hydrogen-bond donors (Lipinski definition) is 1. The molecule has 0 unspecified atom stereocenters. The molecule has 14 heavy (non-hydrogen) atoms. The summed E-state index contributed by atoms with van der Waals surface area (Å²) in [5.41, 5.74) is 7.64. The summed E-state index contributed by atoms with van der Waals surface area (Å²) >= 11 is 0. The monoisotopic (exact) mass is 238 g/mol. The Labute approximate surface area is 96.9 Å². The molecule has 1 aromatic rings. The van der Waals surface area contributed by atoms with Gasteiger partial charge in [0.25, 0.3) is 0 Å². The number of pyridine rings is 1. The zero-order valence-corrected chi connectivity index (χ0v) is 9.95. The molecular formula is C9H16Cl2N2O. The van der Waals surface area contributed by atoms with E-state index >= 15 is 0 Å². The third-order valence-electron chi connectivity index (χ3n) is 1.71. The van der Waals surface area contributed by atoms with Gasteiger partial charge in [-0.2, -0.15) is 0 Å². The fourth-order valence-electron chi connectivity index (χ4n) is 1.14. The quantitative estimate of drug-likeness (QED) is 0.873. The molecule has 1 rings (SSSR count). The van der Waals surface area contributed by atoms with Crippen LogP contribution in [0.15, 0.2) is 12.3 Å². The Bertz CT molecular complexity index is 269. The molecule has 0 radical (unpaired) electrons. The summed E-state index contributed by atoms with van der Waals surface area (Å²) < 4.78 is 5.04. The summed E-state index contributed by atoms with van der Waals surface area (Å²) in [5.74, 6) is 0.691. The maximum Gasteiger partial charge on any atom is 0.215 e. The van der Waals surface area contributed by atoms with Crippen molar-refractivity contribution in [2.24, 2.45) is 5.73 Å². The van der Waals surface area contributed by atoms with Gasteiger partial charge in [0.2, 0.25) is 5.88 Å². The van der Waals surface area contributed by atoms with Crippen LogP contribution in [0.25, 0.3) is 0 Å². The first-order valence-electron chi connectivity index (χ1n) is 3.97. The van der Waals surface area contributed by atoms with Crippen LogP contribution in [0.4, 0.5) is 0 Å². The van der Waals surface area contributed by atoms with Gasteiger partial charge in [-0.1, -0.05) is 0 Å². The minimum absolute atomic E-state index is 0. The summed E-state index contributed by atoms with van der Waals surface area (Å²) in [5, 5.41) is 0. The number of methoxy groups -OCH3 is 1. The highest BCUT2D eigenvalue weighted by atomic mass is 35.5. The number of nitrogens with two attached hydrogens (primary N) is 1. The number of aromatic nitrogens is 1. The minimum Gasteiger partial charge on any atom is -0.481 e. The second-order valence-electron chi connectivity index (χ2n) is 2.71. The molecule has 1 heterocycles. The number of rotatable bonds is 3. The Balaban J connectivity index is 0. The smallest absolute Gasteiger partial charge is 0.215 e. The summed E-state index contributed by atoms with van der Waals surface area (Å²) in [6, 6.07) is 2.05. The molecule has 2 N–H and O–H groups in total. The van der Waals surface area contributed by atoms with Crippen LogP contribution in [0.1, 0.15) is 11.1 Å². The van der Waals surface area contributed by atoms with Gasteiger partial charge in [0.1, 0.15) is 0 Å². The van der Waals surface area contributed by atoms with Crippen LogP contribution in [-0.4, -0.2) is 18.6 Å². The molecule has 0 atom stereocenters. The van der Waals surface area contributed by atoms with E-state index in [1.807, 2.05) is 6.92 Å². The van der Waals surface area contributed by atoms with Crippen LogP contribution in [0.5, 0.6) is 5.88 Å². The van der Waals surface area contributed by atoms with Gasteiger partial charge in [-0.3, -0.25) is 0 Å².